The van der Waals surface area contributed by atoms with Crippen LogP contribution in [0.1, 0.15) is 22.8 Å². The van der Waals surface area contributed by atoms with Crippen molar-refractivity contribution in [3.63, 3.8) is 0 Å². The zero-order valence-corrected chi connectivity index (χ0v) is 15.0. The van der Waals surface area contributed by atoms with Gasteiger partial charge in [-0.1, -0.05) is 23.7 Å². The van der Waals surface area contributed by atoms with Crippen molar-refractivity contribution in [2.24, 2.45) is 7.05 Å². The number of rotatable bonds is 6. The lowest BCUT2D eigenvalue weighted by molar-refractivity contribution is 0.0763. The minimum absolute atomic E-state index is 0.141. The Morgan fingerprint density at radius 3 is 2.80 bits per heavy atom. The van der Waals surface area contributed by atoms with E-state index in [1.807, 2.05) is 36.0 Å². The van der Waals surface area contributed by atoms with Gasteiger partial charge < -0.3 is 13.9 Å². The van der Waals surface area contributed by atoms with Crippen molar-refractivity contribution in [3.05, 3.63) is 65.4 Å². The van der Waals surface area contributed by atoms with Crippen molar-refractivity contribution < 1.29 is 9.21 Å². The first-order valence-corrected chi connectivity index (χ1v) is 8.50. The molecule has 3 aromatic rings. The van der Waals surface area contributed by atoms with Crippen LogP contribution in [0.3, 0.4) is 0 Å². The molecule has 1 aromatic carbocycles. The third-order valence-corrected chi connectivity index (χ3v) is 4.45. The van der Waals surface area contributed by atoms with Crippen molar-refractivity contribution in [2.75, 3.05) is 13.6 Å². The molecule has 25 heavy (non-hydrogen) atoms. The Bertz CT molecular complexity index is 869. The molecule has 0 saturated heterocycles. The average Bonchev–Trinajstić information content (AvgIpc) is 3.24. The molecule has 1 amide bonds. The van der Waals surface area contributed by atoms with Crippen LogP contribution in [0.4, 0.5) is 0 Å². The second-order valence-corrected chi connectivity index (χ2v) is 6.34. The third kappa shape index (κ3) is 3.94. The molecule has 2 heterocycles. The average molecular weight is 358 g/mol. The Kier molecular flexibility index (Phi) is 5.24. The van der Waals surface area contributed by atoms with Gasteiger partial charge in [0, 0.05) is 45.0 Å². The Balaban J connectivity index is 1.61. The molecule has 130 valence electrons. The molecule has 0 N–H and O–H groups in total. The van der Waals surface area contributed by atoms with Gasteiger partial charge in [-0.2, -0.15) is 0 Å². The van der Waals surface area contributed by atoms with Crippen LogP contribution >= 0.6 is 11.6 Å². The molecule has 0 fully saturated rings. The highest BCUT2D eigenvalue weighted by molar-refractivity contribution is 6.33. The number of carbonyl (C=O) groups excluding carboxylic acids is 1. The molecule has 0 unspecified atom stereocenters. The highest BCUT2D eigenvalue weighted by Gasteiger charge is 2.17. The Labute approximate surface area is 151 Å². The highest BCUT2D eigenvalue weighted by atomic mass is 35.5. The van der Waals surface area contributed by atoms with Crippen molar-refractivity contribution in [1.82, 2.24) is 14.5 Å². The Morgan fingerprint density at radius 1 is 1.28 bits per heavy atom. The Morgan fingerprint density at radius 2 is 2.08 bits per heavy atom. The fourth-order valence-corrected chi connectivity index (χ4v) is 2.89. The van der Waals surface area contributed by atoms with Crippen molar-refractivity contribution in [3.8, 4) is 11.3 Å². The molecule has 5 nitrogen and oxygen atoms in total. The van der Waals surface area contributed by atoms with Crippen LogP contribution < -0.4 is 0 Å². The van der Waals surface area contributed by atoms with Crippen molar-refractivity contribution in [2.45, 2.75) is 12.8 Å². The van der Waals surface area contributed by atoms with Gasteiger partial charge in [-0.3, -0.25) is 4.79 Å². The monoisotopic (exact) mass is 357 g/mol. The van der Waals surface area contributed by atoms with E-state index in [1.165, 1.54) is 0 Å². The number of hydrogen-bond donors (Lipinski definition) is 0. The van der Waals surface area contributed by atoms with Gasteiger partial charge in [0.1, 0.15) is 11.6 Å². The lowest BCUT2D eigenvalue weighted by Gasteiger charge is -2.15. The van der Waals surface area contributed by atoms with Crippen LogP contribution in [0, 0.1) is 0 Å². The molecule has 2 aromatic heterocycles. The van der Waals surface area contributed by atoms with Gasteiger partial charge >= 0.3 is 0 Å². The van der Waals surface area contributed by atoms with Crippen LogP contribution in [0.25, 0.3) is 11.3 Å². The summed E-state index contributed by atoms with van der Waals surface area (Å²) in [5, 5.41) is 0.597. The fourth-order valence-electron chi connectivity index (χ4n) is 2.66. The second-order valence-electron chi connectivity index (χ2n) is 5.93. The molecule has 0 atom stereocenters. The summed E-state index contributed by atoms with van der Waals surface area (Å²) in [5.74, 6) is 1.78. The second kappa shape index (κ2) is 7.57. The molecular formula is C19H20ClN3O2. The number of imidazole rings is 1. The predicted molar refractivity (Wildman–Crippen MR) is 97.6 cm³/mol. The van der Waals surface area contributed by atoms with E-state index in [0.29, 0.717) is 23.1 Å². The van der Waals surface area contributed by atoms with E-state index in [1.54, 1.807) is 36.3 Å². The number of furan rings is 1. The third-order valence-electron chi connectivity index (χ3n) is 4.12. The summed E-state index contributed by atoms with van der Waals surface area (Å²) in [6, 6.07) is 10.9. The summed E-state index contributed by atoms with van der Waals surface area (Å²) in [5.41, 5.74) is 0.778. The van der Waals surface area contributed by atoms with E-state index in [4.69, 9.17) is 16.0 Å². The van der Waals surface area contributed by atoms with Gasteiger partial charge in [-0.05, 0) is 30.7 Å². The summed E-state index contributed by atoms with van der Waals surface area (Å²) in [6.45, 7) is 0.633. The normalized spacial score (nSPS) is 10.8. The molecule has 0 radical (unpaired) electrons. The number of hydrogen-bond acceptors (Lipinski definition) is 3. The fraction of sp³-hybridized carbons (Fsp3) is 0.263. The van der Waals surface area contributed by atoms with Crippen molar-refractivity contribution in [1.29, 1.82) is 0 Å². The maximum Gasteiger partial charge on any atom is 0.289 e. The van der Waals surface area contributed by atoms with Gasteiger partial charge in [-0.15, -0.1) is 0 Å². The predicted octanol–water partition coefficient (Wildman–Crippen LogP) is 4.04. The Hall–Kier alpha value is -2.53. The van der Waals surface area contributed by atoms with Gasteiger partial charge in [0.2, 0.25) is 0 Å². The molecule has 0 bridgehead atoms. The quantitative estimate of drug-likeness (QED) is 0.669. The van der Waals surface area contributed by atoms with Crippen LogP contribution in [0.2, 0.25) is 5.02 Å². The number of benzene rings is 1. The summed E-state index contributed by atoms with van der Waals surface area (Å²) in [4.78, 5) is 18.5. The molecule has 0 aliphatic rings. The maximum atomic E-state index is 12.5. The van der Waals surface area contributed by atoms with E-state index in [2.05, 4.69) is 4.98 Å². The number of aromatic nitrogens is 2. The highest BCUT2D eigenvalue weighted by Crippen LogP contribution is 2.29. The smallest absolute Gasteiger partial charge is 0.289 e. The van der Waals surface area contributed by atoms with Gasteiger partial charge in [-0.25, -0.2) is 4.98 Å². The van der Waals surface area contributed by atoms with E-state index >= 15 is 0 Å². The number of halogens is 1. The number of carbonyl (C=O) groups is 1. The van der Waals surface area contributed by atoms with E-state index < -0.39 is 0 Å². The summed E-state index contributed by atoms with van der Waals surface area (Å²) < 4.78 is 7.70. The summed E-state index contributed by atoms with van der Waals surface area (Å²) in [6.07, 6.45) is 5.36. The van der Waals surface area contributed by atoms with E-state index in [-0.39, 0.29) is 5.91 Å². The lowest BCUT2D eigenvalue weighted by Crippen LogP contribution is -2.27. The zero-order valence-electron chi connectivity index (χ0n) is 14.3. The molecule has 3 rings (SSSR count). The van der Waals surface area contributed by atoms with Gasteiger partial charge in [0.05, 0.1) is 5.02 Å². The first kappa shape index (κ1) is 17.3. The topological polar surface area (TPSA) is 51.3 Å². The molecule has 0 saturated carbocycles. The maximum absolute atomic E-state index is 12.5. The summed E-state index contributed by atoms with van der Waals surface area (Å²) >= 11 is 6.18. The first-order valence-electron chi connectivity index (χ1n) is 8.12. The van der Waals surface area contributed by atoms with E-state index in [9.17, 15) is 4.79 Å². The molecule has 0 spiro atoms. The van der Waals surface area contributed by atoms with Crippen molar-refractivity contribution >= 4 is 17.5 Å². The first-order chi connectivity index (χ1) is 12.1. The molecule has 6 heteroatoms. The summed E-state index contributed by atoms with van der Waals surface area (Å²) in [7, 11) is 3.74. The minimum Gasteiger partial charge on any atom is -0.451 e. The standard InChI is InChI=1S/C19H20ClN3O2/c1-22-13-11-21-18(22)8-5-12-23(2)19(24)17-10-9-16(25-17)14-6-3-4-7-15(14)20/h3-4,6-7,9-11,13H,5,8,12H2,1-2H3. The lowest BCUT2D eigenvalue weighted by atomic mass is 10.2. The van der Waals surface area contributed by atoms with E-state index in [0.717, 1.165) is 24.2 Å². The molecular weight excluding hydrogens is 338 g/mol. The van der Waals surface area contributed by atoms with Gasteiger partial charge in [0.25, 0.3) is 5.91 Å². The molecule has 0 aliphatic carbocycles. The van der Waals surface area contributed by atoms with Crippen LogP contribution in [-0.4, -0.2) is 34.0 Å². The van der Waals surface area contributed by atoms with Crippen LogP contribution in [0.15, 0.2) is 53.2 Å². The minimum atomic E-state index is -0.141. The SMILES string of the molecule is CN(CCCc1nccn1C)C(=O)c1ccc(-c2ccccc2Cl)o1. The molecule has 0 aliphatic heterocycles. The number of amides is 1. The number of aryl methyl sites for hydroxylation is 2. The van der Waals surface area contributed by atoms with Gasteiger partial charge in [0.15, 0.2) is 5.76 Å². The largest absolute Gasteiger partial charge is 0.451 e. The number of nitrogens with zero attached hydrogens (tertiary/aromatic N) is 3. The zero-order chi connectivity index (χ0) is 17.8. The van der Waals surface area contributed by atoms with Crippen LogP contribution in [-0.2, 0) is 13.5 Å². The van der Waals surface area contributed by atoms with Crippen LogP contribution in [0.5, 0.6) is 0 Å².